The van der Waals surface area contributed by atoms with Crippen molar-refractivity contribution in [3.8, 4) is 0 Å². The van der Waals surface area contributed by atoms with E-state index < -0.39 is 18.8 Å². The zero-order valence-corrected chi connectivity index (χ0v) is 19.1. The van der Waals surface area contributed by atoms with Crippen molar-refractivity contribution in [2.24, 2.45) is 0 Å². The van der Waals surface area contributed by atoms with Crippen molar-refractivity contribution in [1.82, 2.24) is 0 Å². The molecule has 0 atom stereocenters. The Morgan fingerprint density at radius 2 is 0.500 bits per heavy atom. The molecule has 0 aliphatic carbocycles. The van der Waals surface area contributed by atoms with Gasteiger partial charge in [0.05, 0.1) is 0 Å². The van der Waals surface area contributed by atoms with E-state index in [2.05, 4.69) is 121 Å². The van der Waals surface area contributed by atoms with Gasteiger partial charge >= 0.3 is 154 Å². The second kappa shape index (κ2) is 8.88. The fraction of sp³-hybridized carbons (Fsp3) is 0. The molecule has 0 aromatic heterocycles. The van der Waals surface area contributed by atoms with Gasteiger partial charge in [-0.1, -0.05) is 0 Å². The summed E-state index contributed by atoms with van der Waals surface area (Å²) in [5.74, 6) is 0. The molecule has 26 heavy (non-hydrogen) atoms. The fourth-order valence-electron chi connectivity index (χ4n) is 3.50. The number of hydrogen-bond acceptors (Lipinski definition) is 0. The van der Waals surface area contributed by atoms with E-state index in [9.17, 15) is 0 Å². The second-order valence-corrected chi connectivity index (χ2v) is 15.7. The summed E-state index contributed by atoms with van der Waals surface area (Å²) in [6.45, 7) is 0. The normalized spacial score (nSPS) is 10.8. The van der Waals surface area contributed by atoms with E-state index in [0.717, 1.165) is 0 Å². The molecule has 0 unspecified atom stereocenters. The summed E-state index contributed by atoms with van der Waals surface area (Å²) in [6, 6.07) is 44.4. The van der Waals surface area contributed by atoms with Gasteiger partial charge in [-0.25, -0.2) is 0 Å². The van der Waals surface area contributed by atoms with Gasteiger partial charge in [0, 0.05) is 0 Å². The predicted molar refractivity (Wildman–Crippen MR) is 110 cm³/mol. The van der Waals surface area contributed by atoms with Gasteiger partial charge in [0.25, 0.3) is 0 Å². The van der Waals surface area contributed by atoms with Crippen LogP contribution in [0.2, 0.25) is 0 Å². The van der Waals surface area contributed by atoms with Crippen LogP contribution in [-0.2, 0) is 0 Å². The van der Waals surface area contributed by atoms with Crippen LogP contribution in [0.5, 0.6) is 0 Å². The quantitative estimate of drug-likeness (QED) is 0.247. The molecule has 0 aliphatic rings. The van der Waals surface area contributed by atoms with Crippen molar-refractivity contribution < 1.29 is 24.0 Å². The van der Waals surface area contributed by atoms with Crippen LogP contribution >= 0.6 is 0 Å². The van der Waals surface area contributed by atoms with Crippen LogP contribution in [0.15, 0.2) is 121 Å². The Kier molecular flexibility index (Phi) is 6.56. The number of hydrogen-bond donors (Lipinski definition) is 0. The molecular formula is C24H20ISb. The van der Waals surface area contributed by atoms with E-state index in [1.807, 2.05) is 0 Å². The molecule has 0 nitrogen and oxygen atoms in total. The first kappa shape index (κ1) is 19.2. The Bertz CT molecular complexity index is 759. The van der Waals surface area contributed by atoms with Crippen molar-refractivity contribution in [3.05, 3.63) is 121 Å². The first-order valence-electron chi connectivity index (χ1n) is 8.54. The van der Waals surface area contributed by atoms with Crippen molar-refractivity contribution in [2.45, 2.75) is 0 Å². The summed E-state index contributed by atoms with van der Waals surface area (Å²) in [6.07, 6.45) is 0. The standard InChI is InChI=1S/4C6H5.HI.Sb/c4*1-2-4-6-5-3-1;;/h4*1-5H;1H;/q;;;;;+1/p-1. The maximum atomic E-state index is 2.32. The van der Waals surface area contributed by atoms with E-state index in [4.69, 9.17) is 0 Å². The van der Waals surface area contributed by atoms with Crippen molar-refractivity contribution >= 4 is 32.8 Å². The monoisotopic (exact) mass is 556 g/mol. The maximum absolute atomic E-state index is 3.17. The Hall–Kier alpha value is -1.57. The topological polar surface area (TPSA) is 0 Å². The molecule has 0 saturated heterocycles. The molecule has 4 aromatic carbocycles. The Morgan fingerprint density at radius 1 is 0.308 bits per heavy atom. The third-order valence-corrected chi connectivity index (χ3v) is 16.8. The van der Waals surface area contributed by atoms with Crippen molar-refractivity contribution in [1.29, 1.82) is 0 Å². The van der Waals surface area contributed by atoms with Crippen LogP contribution in [0.3, 0.4) is 0 Å². The van der Waals surface area contributed by atoms with Gasteiger partial charge in [-0.05, 0) is 0 Å². The molecule has 0 bridgehead atoms. The molecular weight excluding hydrogens is 537 g/mol. The summed E-state index contributed by atoms with van der Waals surface area (Å²) in [5.41, 5.74) is 0. The zero-order valence-electron chi connectivity index (χ0n) is 14.4. The molecule has 0 N–H and O–H groups in total. The minimum absolute atomic E-state index is 0. The van der Waals surface area contributed by atoms with E-state index in [1.54, 1.807) is 0 Å². The molecule has 2 heteroatoms. The molecule has 4 rings (SSSR count). The van der Waals surface area contributed by atoms with Crippen LogP contribution < -0.4 is 38.0 Å². The van der Waals surface area contributed by atoms with E-state index in [0.29, 0.717) is 0 Å². The second-order valence-electron chi connectivity index (χ2n) is 6.01. The van der Waals surface area contributed by atoms with Crippen LogP contribution in [-0.4, -0.2) is 18.8 Å². The Morgan fingerprint density at radius 3 is 0.692 bits per heavy atom. The molecule has 4 aromatic rings. The third-order valence-electron chi connectivity index (χ3n) is 4.57. The van der Waals surface area contributed by atoms with Crippen LogP contribution in [0.4, 0.5) is 0 Å². The van der Waals surface area contributed by atoms with Crippen LogP contribution in [0, 0.1) is 0 Å². The average Bonchev–Trinajstić information content (AvgIpc) is 2.72. The van der Waals surface area contributed by atoms with Gasteiger partial charge in [0.15, 0.2) is 0 Å². The van der Waals surface area contributed by atoms with Gasteiger partial charge in [-0.3, -0.25) is 0 Å². The van der Waals surface area contributed by atoms with Gasteiger partial charge in [-0.2, -0.15) is 0 Å². The molecule has 0 heterocycles. The predicted octanol–water partition coefficient (Wildman–Crippen LogP) is 0.0680. The van der Waals surface area contributed by atoms with E-state index >= 15 is 0 Å². The SMILES string of the molecule is [I-].c1cc[c]([Sb+]([c]2ccccc2)([c]2ccccc2)[c]2ccccc2)cc1. The summed E-state index contributed by atoms with van der Waals surface area (Å²) in [7, 11) is 0. The Labute approximate surface area is 176 Å². The van der Waals surface area contributed by atoms with Gasteiger partial charge in [-0.15, -0.1) is 0 Å². The summed E-state index contributed by atoms with van der Waals surface area (Å²) >= 11 is -3.17. The van der Waals surface area contributed by atoms with Gasteiger partial charge < -0.3 is 24.0 Å². The third kappa shape index (κ3) is 3.48. The van der Waals surface area contributed by atoms with E-state index in [1.165, 1.54) is 14.0 Å². The minimum atomic E-state index is -3.17. The molecule has 0 radical (unpaired) electrons. The summed E-state index contributed by atoms with van der Waals surface area (Å²) in [4.78, 5) is 0. The number of halogens is 1. The molecule has 0 aliphatic heterocycles. The molecule has 128 valence electrons. The van der Waals surface area contributed by atoms with E-state index in [-0.39, 0.29) is 24.0 Å². The van der Waals surface area contributed by atoms with Crippen molar-refractivity contribution in [3.63, 3.8) is 0 Å². The van der Waals surface area contributed by atoms with Crippen LogP contribution in [0.1, 0.15) is 0 Å². The average molecular weight is 557 g/mol. The number of rotatable bonds is 4. The summed E-state index contributed by atoms with van der Waals surface area (Å²) < 4.78 is 5.91. The molecule has 0 amide bonds. The summed E-state index contributed by atoms with van der Waals surface area (Å²) in [5, 5.41) is 0. The van der Waals surface area contributed by atoms with Crippen LogP contribution in [0.25, 0.3) is 0 Å². The molecule has 0 fully saturated rings. The molecule has 0 saturated carbocycles. The Balaban J connectivity index is 0.00000196. The fourth-order valence-corrected chi connectivity index (χ4v) is 15.7. The van der Waals surface area contributed by atoms with Gasteiger partial charge in [0.2, 0.25) is 0 Å². The van der Waals surface area contributed by atoms with Gasteiger partial charge in [0.1, 0.15) is 0 Å². The first-order valence-corrected chi connectivity index (χ1v) is 13.6. The van der Waals surface area contributed by atoms with Crippen molar-refractivity contribution in [2.75, 3.05) is 0 Å². The first-order chi connectivity index (χ1) is 12.4. The zero-order chi connectivity index (χ0) is 17.0. The number of benzene rings is 4. The molecule has 0 spiro atoms.